The van der Waals surface area contributed by atoms with Gasteiger partial charge in [-0.2, -0.15) is 0 Å². The highest BCUT2D eigenvalue weighted by Crippen LogP contribution is 2.23. The average molecular weight is 239 g/mol. The lowest BCUT2D eigenvalue weighted by Crippen LogP contribution is -2.52. The lowest BCUT2D eigenvalue weighted by Gasteiger charge is -2.39. The van der Waals surface area contributed by atoms with Crippen LogP contribution in [0, 0.1) is 5.92 Å². The van der Waals surface area contributed by atoms with Crippen molar-refractivity contribution in [2.75, 3.05) is 26.2 Å². The van der Waals surface area contributed by atoms with Crippen molar-refractivity contribution in [2.45, 2.75) is 57.5 Å². The molecule has 0 amide bonds. The van der Waals surface area contributed by atoms with Gasteiger partial charge in [0.25, 0.3) is 0 Å². The highest BCUT2D eigenvalue weighted by Gasteiger charge is 2.28. The zero-order chi connectivity index (χ0) is 12.1. The van der Waals surface area contributed by atoms with Gasteiger partial charge in [0.05, 0.1) is 0 Å². The molecule has 1 aliphatic heterocycles. The Labute approximate surface area is 106 Å². The molecule has 2 aliphatic rings. The van der Waals surface area contributed by atoms with E-state index in [9.17, 15) is 0 Å². The van der Waals surface area contributed by atoms with Gasteiger partial charge in [0, 0.05) is 38.3 Å². The normalized spacial score (nSPS) is 32.1. The summed E-state index contributed by atoms with van der Waals surface area (Å²) >= 11 is 0. The predicted molar refractivity (Wildman–Crippen MR) is 73.1 cm³/mol. The molecule has 1 heterocycles. The molecule has 0 spiro atoms. The van der Waals surface area contributed by atoms with E-state index in [1.165, 1.54) is 51.6 Å². The molecule has 0 aromatic rings. The molecular formula is C14H29N3. The predicted octanol–water partition coefficient (Wildman–Crippen LogP) is 1.58. The van der Waals surface area contributed by atoms with Crippen molar-refractivity contribution in [1.29, 1.82) is 0 Å². The molecule has 2 atom stereocenters. The third-order valence-electron chi connectivity index (χ3n) is 4.46. The van der Waals surface area contributed by atoms with Crippen LogP contribution in [0.4, 0.5) is 0 Å². The maximum Gasteiger partial charge on any atom is 0.0200 e. The summed E-state index contributed by atoms with van der Waals surface area (Å²) < 4.78 is 0. The maximum absolute atomic E-state index is 5.69. The smallest absolute Gasteiger partial charge is 0.0200 e. The number of nitrogens with one attached hydrogen (secondary N) is 1. The van der Waals surface area contributed by atoms with Crippen molar-refractivity contribution in [3.63, 3.8) is 0 Å². The summed E-state index contributed by atoms with van der Waals surface area (Å²) in [5.41, 5.74) is 5.69. The monoisotopic (exact) mass is 239 g/mol. The van der Waals surface area contributed by atoms with Gasteiger partial charge in [0.15, 0.2) is 0 Å². The van der Waals surface area contributed by atoms with Gasteiger partial charge < -0.3 is 16.0 Å². The Balaban J connectivity index is 1.82. The Bertz CT molecular complexity index is 214. The Morgan fingerprint density at radius 3 is 2.59 bits per heavy atom. The molecule has 0 aromatic heterocycles. The molecule has 3 N–H and O–H groups in total. The van der Waals surface area contributed by atoms with E-state index < -0.39 is 0 Å². The summed E-state index contributed by atoms with van der Waals surface area (Å²) in [5.74, 6) is 0.870. The van der Waals surface area contributed by atoms with E-state index in [1.807, 2.05) is 0 Å². The van der Waals surface area contributed by atoms with Crippen LogP contribution in [0.3, 0.4) is 0 Å². The first-order chi connectivity index (χ1) is 8.31. The number of hydrogen-bond donors (Lipinski definition) is 2. The summed E-state index contributed by atoms with van der Waals surface area (Å²) in [6, 6.07) is 1.51. The van der Waals surface area contributed by atoms with Crippen LogP contribution in [-0.4, -0.2) is 43.2 Å². The van der Waals surface area contributed by atoms with Gasteiger partial charge in [-0.05, 0) is 25.2 Å². The molecule has 3 heteroatoms. The zero-order valence-corrected chi connectivity index (χ0v) is 11.3. The zero-order valence-electron chi connectivity index (χ0n) is 11.3. The van der Waals surface area contributed by atoms with Crippen molar-refractivity contribution >= 4 is 0 Å². The van der Waals surface area contributed by atoms with E-state index in [4.69, 9.17) is 5.73 Å². The largest absolute Gasteiger partial charge is 0.329 e. The van der Waals surface area contributed by atoms with Gasteiger partial charge in [0.1, 0.15) is 0 Å². The van der Waals surface area contributed by atoms with Gasteiger partial charge in [0.2, 0.25) is 0 Å². The lowest BCUT2D eigenvalue weighted by molar-refractivity contribution is 0.136. The molecule has 3 nitrogen and oxygen atoms in total. The van der Waals surface area contributed by atoms with E-state index in [1.54, 1.807) is 0 Å². The fraction of sp³-hybridized carbons (Fsp3) is 1.00. The van der Waals surface area contributed by atoms with E-state index in [0.29, 0.717) is 6.04 Å². The number of piperidine rings is 1. The molecule has 0 bridgehead atoms. The van der Waals surface area contributed by atoms with Gasteiger partial charge in [-0.25, -0.2) is 0 Å². The fourth-order valence-electron chi connectivity index (χ4n) is 3.51. The van der Waals surface area contributed by atoms with Crippen LogP contribution >= 0.6 is 0 Å². The Morgan fingerprint density at radius 2 is 1.94 bits per heavy atom. The number of likely N-dealkylation sites (tertiary alicyclic amines) is 1. The number of nitrogens with two attached hydrogens (primary N) is 1. The highest BCUT2D eigenvalue weighted by atomic mass is 15.2. The first kappa shape index (κ1) is 13.3. The van der Waals surface area contributed by atoms with E-state index in [0.717, 1.165) is 25.0 Å². The highest BCUT2D eigenvalue weighted by molar-refractivity contribution is 4.86. The summed E-state index contributed by atoms with van der Waals surface area (Å²) in [6.45, 7) is 6.66. The molecule has 1 aliphatic carbocycles. The summed E-state index contributed by atoms with van der Waals surface area (Å²) in [5, 5.41) is 3.89. The second kappa shape index (κ2) is 6.72. The minimum Gasteiger partial charge on any atom is -0.329 e. The molecule has 2 fully saturated rings. The second-order valence-electron chi connectivity index (χ2n) is 5.90. The molecule has 2 unspecified atom stereocenters. The molecule has 100 valence electrons. The summed E-state index contributed by atoms with van der Waals surface area (Å²) in [7, 11) is 0. The maximum atomic E-state index is 5.69. The van der Waals surface area contributed by atoms with Crippen LogP contribution in [0.5, 0.6) is 0 Å². The van der Waals surface area contributed by atoms with Gasteiger partial charge in [-0.1, -0.05) is 26.2 Å². The topological polar surface area (TPSA) is 41.3 Å². The Morgan fingerprint density at radius 1 is 1.18 bits per heavy atom. The molecule has 17 heavy (non-hydrogen) atoms. The van der Waals surface area contributed by atoms with Crippen LogP contribution in [0.2, 0.25) is 0 Å². The van der Waals surface area contributed by atoms with E-state index in [-0.39, 0.29) is 0 Å². The molecule has 1 saturated heterocycles. The number of hydrogen-bond acceptors (Lipinski definition) is 3. The van der Waals surface area contributed by atoms with Crippen molar-refractivity contribution < 1.29 is 0 Å². The Hall–Kier alpha value is -0.120. The van der Waals surface area contributed by atoms with E-state index in [2.05, 4.69) is 17.1 Å². The third kappa shape index (κ3) is 3.94. The van der Waals surface area contributed by atoms with E-state index >= 15 is 0 Å². The fourth-order valence-corrected chi connectivity index (χ4v) is 3.51. The second-order valence-corrected chi connectivity index (χ2v) is 5.90. The summed E-state index contributed by atoms with van der Waals surface area (Å²) in [4.78, 5) is 2.56. The van der Waals surface area contributed by atoms with Crippen molar-refractivity contribution in [3.8, 4) is 0 Å². The lowest BCUT2D eigenvalue weighted by atomic mass is 9.91. The SMILES string of the molecule is CCC1CC(NC2CCCC2)CN(CCN)C1. The molecule has 1 saturated carbocycles. The van der Waals surface area contributed by atoms with Crippen LogP contribution < -0.4 is 11.1 Å². The Kier molecular flexibility index (Phi) is 5.26. The standard InChI is InChI=1S/C14H29N3/c1-2-12-9-14(11-17(10-12)8-7-15)16-13-5-3-4-6-13/h12-14,16H,2-11,15H2,1H3. The first-order valence-electron chi connectivity index (χ1n) is 7.50. The molecule has 0 aromatic carbocycles. The van der Waals surface area contributed by atoms with Crippen LogP contribution in [0.15, 0.2) is 0 Å². The first-order valence-corrected chi connectivity index (χ1v) is 7.50. The van der Waals surface area contributed by atoms with Crippen molar-refractivity contribution in [3.05, 3.63) is 0 Å². The summed E-state index contributed by atoms with van der Waals surface area (Å²) in [6.07, 6.45) is 8.31. The van der Waals surface area contributed by atoms with Gasteiger partial charge in [-0.3, -0.25) is 0 Å². The van der Waals surface area contributed by atoms with Gasteiger partial charge in [-0.15, -0.1) is 0 Å². The number of nitrogens with zero attached hydrogens (tertiary/aromatic N) is 1. The molecule has 2 rings (SSSR count). The quantitative estimate of drug-likeness (QED) is 0.765. The van der Waals surface area contributed by atoms with Crippen LogP contribution in [0.1, 0.15) is 45.4 Å². The van der Waals surface area contributed by atoms with Crippen molar-refractivity contribution in [1.82, 2.24) is 10.2 Å². The van der Waals surface area contributed by atoms with Crippen molar-refractivity contribution in [2.24, 2.45) is 11.7 Å². The number of rotatable bonds is 5. The van der Waals surface area contributed by atoms with Crippen LogP contribution in [-0.2, 0) is 0 Å². The average Bonchev–Trinajstić information content (AvgIpc) is 2.82. The third-order valence-corrected chi connectivity index (χ3v) is 4.46. The minimum absolute atomic E-state index is 0.711. The molecular weight excluding hydrogens is 210 g/mol. The van der Waals surface area contributed by atoms with Gasteiger partial charge >= 0.3 is 0 Å². The van der Waals surface area contributed by atoms with Crippen LogP contribution in [0.25, 0.3) is 0 Å². The minimum atomic E-state index is 0.711. The molecule has 0 radical (unpaired) electrons.